The van der Waals surface area contributed by atoms with Crippen molar-refractivity contribution in [3.63, 3.8) is 0 Å². The molecular weight excluding hydrogens is 306 g/mol. The molecule has 0 bridgehead atoms. The molecule has 4 rings (SSSR count). The molecule has 0 saturated heterocycles. The lowest BCUT2D eigenvalue weighted by Gasteiger charge is -2.08. The van der Waals surface area contributed by atoms with Gasteiger partial charge in [0.1, 0.15) is 5.39 Å². The van der Waals surface area contributed by atoms with Crippen LogP contribution in [0.3, 0.4) is 0 Å². The molecule has 0 atom stereocenters. The van der Waals surface area contributed by atoms with Gasteiger partial charge in [0.25, 0.3) is 0 Å². The van der Waals surface area contributed by atoms with E-state index in [1.807, 2.05) is 36.4 Å². The molecule has 0 aliphatic rings. The molecule has 0 fully saturated rings. The minimum atomic E-state index is -0.781. The van der Waals surface area contributed by atoms with E-state index in [1.54, 1.807) is 24.3 Å². The van der Waals surface area contributed by atoms with Crippen LogP contribution in [0.4, 0.5) is 0 Å². The van der Waals surface area contributed by atoms with Gasteiger partial charge in [-0.2, -0.15) is 0 Å². The van der Waals surface area contributed by atoms with Crippen LogP contribution in [0.2, 0.25) is 0 Å². The number of hydrogen-bond acceptors (Lipinski definition) is 5. The van der Waals surface area contributed by atoms with Crippen LogP contribution in [0, 0.1) is 0 Å². The molecule has 0 amide bonds. The highest BCUT2D eigenvalue weighted by Gasteiger charge is 2.14. The number of hydrogen-bond donors (Lipinski definition) is 0. The topological polar surface area (TPSA) is 78.0 Å². The van der Waals surface area contributed by atoms with Gasteiger partial charge in [0.2, 0.25) is 0 Å². The zero-order chi connectivity index (χ0) is 16.5. The smallest absolute Gasteiger partial charge is 0.372 e. The molecule has 116 valence electrons. The Morgan fingerprint density at radius 1 is 0.875 bits per heavy atom. The average Bonchev–Trinajstić information content (AvgIpc) is 2.63. The monoisotopic (exact) mass is 317 g/mol. The standard InChI is InChI=1S/C18H11N3O3/c22-17-14-11-19-15(12-7-3-1-4-8-12)20-16(14)21(18(23)24-17)13-9-5-2-6-10-13/h1-11H. The zero-order valence-electron chi connectivity index (χ0n) is 12.4. The molecule has 2 aromatic heterocycles. The van der Waals surface area contributed by atoms with Gasteiger partial charge in [-0.15, -0.1) is 0 Å². The summed E-state index contributed by atoms with van der Waals surface area (Å²) in [5, 5.41) is 0.151. The van der Waals surface area contributed by atoms with Crippen LogP contribution in [0.25, 0.3) is 28.1 Å². The predicted molar refractivity (Wildman–Crippen MR) is 89.1 cm³/mol. The second kappa shape index (κ2) is 5.58. The molecule has 2 heterocycles. The first-order valence-electron chi connectivity index (χ1n) is 7.28. The number of nitrogens with zero attached hydrogens (tertiary/aromatic N) is 3. The fourth-order valence-electron chi connectivity index (χ4n) is 2.48. The highest BCUT2D eigenvalue weighted by molar-refractivity contribution is 5.76. The third-order valence-electron chi connectivity index (χ3n) is 3.61. The molecule has 0 spiro atoms. The molecule has 0 saturated carbocycles. The van der Waals surface area contributed by atoms with Crippen LogP contribution < -0.4 is 11.4 Å². The Morgan fingerprint density at radius 3 is 2.25 bits per heavy atom. The summed E-state index contributed by atoms with van der Waals surface area (Å²) in [5.41, 5.74) is 0.826. The van der Waals surface area contributed by atoms with Crippen molar-refractivity contribution >= 4 is 11.0 Å². The lowest BCUT2D eigenvalue weighted by Crippen LogP contribution is -2.24. The Labute approximate surface area is 135 Å². The van der Waals surface area contributed by atoms with E-state index >= 15 is 0 Å². The van der Waals surface area contributed by atoms with Gasteiger partial charge in [0, 0.05) is 11.8 Å². The van der Waals surface area contributed by atoms with E-state index in [-0.39, 0.29) is 11.0 Å². The second-order valence-corrected chi connectivity index (χ2v) is 5.12. The van der Waals surface area contributed by atoms with Crippen molar-refractivity contribution in [1.29, 1.82) is 0 Å². The van der Waals surface area contributed by atoms with Crippen LogP contribution in [0.15, 0.2) is 80.9 Å². The lowest BCUT2D eigenvalue weighted by molar-refractivity contribution is 0.443. The number of para-hydroxylation sites is 1. The Hall–Kier alpha value is -3.54. The highest BCUT2D eigenvalue weighted by Crippen LogP contribution is 2.17. The molecule has 0 radical (unpaired) electrons. The van der Waals surface area contributed by atoms with Gasteiger partial charge in [0.05, 0.1) is 5.69 Å². The quantitative estimate of drug-likeness (QED) is 0.567. The van der Waals surface area contributed by atoms with E-state index in [9.17, 15) is 9.59 Å². The predicted octanol–water partition coefficient (Wildman–Crippen LogP) is 2.40. The average molecular weight is 317 g/mol. The van der Waals surface area contributed by atoms with E-state index in [0.717, 1.165) is 5.56 Å². The Kier molecular flexibility index (Phi) is 3.28. The number of rotatable bonds is 2. The summed E-state index contributed by atoms with van der Waals surface area (Å²) in [7, 11) is 0. The Balaban J connectivity index is 2.08. The normalized spacial score (nSPS) is 10.8. The molecule has 6 nitrogen and oxygen atoms in total. The van der Waals surface area contributed by atoms with E-state index in [2.05, 4.69) is 9.97 Å². The maximum Gasteiger partial charge on any atom is 0.428 e. The molecule has 24 heavy (non-hydrogen) atoms. The van der Waals surface area contributed by atoms with Gasteiger partial charge in [-0.1, -0.05) is 48.5 Å². The van der Waals surface area contributed by atoms with E-state index in [4.69, 9.17) is 4.42 Å². The third kappa shape index (κ3) is 2.30. The zero-order valence-corrected chi connectivity index (χ0v) is 12.4. The number of benzene rings is 2. The Bertz CT molecular complexity index is 1130. The first-order chi connectivity index (χ1) is 11.7. The van der Waals surface area contributed by atoms with Crippen LogP contribution in [-0.2, 0) is 0 Å². The SMILES string of the molecule is O=c1oc(=O)n(-c2ccccc2)c2nc(-c3ccccc3)ncc12. The maximum absolute atomic E-state index is 12.2. The van der Waals surface area contributed by atoms with Crippen molar-refractivity contribution < 1.29 is 4.42 Å². The lowest BCUT2D eigenvalue weighted by atomic mass is 10.2. The fraction of sp³-hybridized carbons (Fsp3) is 0. The molecule has 0 aliphatic heterocycles. The van der Waals surface area contributed by atoms with Crippen LogP contribution in [-0.4, -0.2) is 14.5 Å². The van der Waals surface area contributed by atoms with E-state index in [0.29, 0.717) is 11.5 Å². The van der Waals surface area contributed by atoms with Crippen molar-refractivity contribution in [2.45, 2.75) is 0 Å². The molecular formula is C18H11N3O3. The summed E-state index contributed by atoms with van der Waals surface area (Å²) in [6.07, 6.45) is 1.38. The van der Waals surface area contributed by atoms with Crippen LogP contribution >= 0.6 is 0 Å². The third-order valence-corrected chi connectivity index (χ3v) is 3.61. The number of aromatic nitrogens is 3. The minimum Gasteiger partial charge on any atom is -0.372 e. The van der Waals surface area contributed by atoms with Crippen molar-refractivity contribution in [3.8, 4) is 17.1 Å². The molecule has 6 heteroatoms. The van der Waals surface area contributed by atoms with Crippen molar-refractivity contribution in [2.75, 3.05) is 0 Å². The minimum absolute atomic E-state index is 0.151. The van der Waals surface area contributed by atoms with Gasteiger partial charge < -0.3 is 4.42 Å². The first-order valence-corrected chi connectivity index (χ1v) is 7.28. The molecule has 0 unspecified atom stereocenters. The van der Waals surface area contributed by atoms with Gasteiger partial charge in [0.15, 0.2) is 11.5 Å². The fourth-order valence-corrected chi connectivity index (χ4v) is 2.48. The number of fused-ring (bicyclic) bond motifs is 1. The van der Waals surface area contributed by atoms with Crippen molar-refractivity contribution in [2.24, 2.45) is 0 Å². The largest absolute Gasteiger partial charge is 0.428 e. The van der Waals surface area contributed by atoms with Gasteiger partial charge in [-0.3, -0.25) is 0 Å². The summed E-state index contributed by atoms with van der Waals surface area (Å²) < 4.78 is 6.06. The molecule has 4 aromatic rings. The highest BCUT2D eigenvalue weighted by atomic mass is 16.4. The summed E-state index contributed by atoms with van der Waals surface area (Å²) >= 11 is 0. The van der Waals surface area contributed by atoms with Gasteiger partial charge in [-0.25, -0.2) is 24.1 Å². The summed E-state index contributed by atoms with van der Waals surface area (Å²) in [4.78, 5) is 32.9. The van der Waals surface area contributed by atoms with Crippen molar-refractivity contribution in [1.82, 2.24) is 14.5 Å². The molecule has 0 N–H and O–H groups in total. The second-order valence-electron chi connectivity index (χ2n) is 5.12. The van der Waals surface area contributed by atoms with Gasteiger partial charge in [-0.05, 0) is 12.1 Å². The molecule has 0 aliphatic carbocycles. The van der Waals surface area contributed by atoms with Gasteiger partial charge >= 0.3 is 11.4 Å². The van der Waals surface area contributed by atoms with Crippen LogP contribution in [0.1, 0.15) is 0 Å². The first kappa shape index (κ1) is 14.1. The Morgan fingerprint density at radius 2 is 1.54 bits per heavy atom. The maximum atomic E-state index is 12.2. The summed E-state index contributed by atoms with van der Waals surface area (Å²) in [6.45, 7) is 0. The van der Waals surface area contributed by atoms with E-state index < -0.39 is 11.4 Å². The summed E-state index contributed by atoms with van der Waals surface area (Å²) in [5.74, 6) is -0.353. The van der Waals surface area contributed by atoms with Crippen molar-refractivity contribution in [3.05, 3.63) is 87.8 Å². The van der Waals surface area contributed by atoms with Crippen LogP contribution in [0.5, 0.6) is 0 Å². The summed E-state index contributed by atoms with van der Waals surface area (Å²) in [6, 6.07) is 18.2. The van der Waals surface area contributed by atoms with E-state index in [1.165, 1.54) is 10.8 Å². The molecule has 2 aromatic carbocycles.